The Hall–Kier alpha value is -2.13. The van der Waals surface area contributed by atoms with Crippen LogP contribution in [0.25, 0.3) is 0 Å². The van der Waals surface area contributed by atoms with Crippen molar-refractivity contribution in [2.45, 2.75) is 19.4 Å². The highest BCUT2D eigenvalue weighted by Crippen LogP contribution is 2.27. The van der Waals surface area contributed by atoms with E-state index in [9.17, 15) is 4.79 Å². The zero-order valence-electron chi connectivity index (χ0n) is 12.1. The van der Waals surface area contributed by atoms with Gasteiger partial charge in [-0.3, -0.25) is 4.79 Å². The SMILES string of the molecule is O=C(CCNCc1ccccc1)N1CCc2ccccc21. The lowest BCUT2D eigenvalue weighted by atomic mass is 10.2. The lowest BCUT2D eigenvalue weighted by Gasteiger charge is -2.17. The number of rotatable bonds is 5. The molecule has 1 aliphatic rings. The molecular formula is C18H20N2O. The summed E-state index contributed by atoms with van der Waals surface area (Å²) in [5.74, 6) is 0.209. The Morgan fingerprint density at radius 3 is 2.67 bits per heavy atom. The van der Waals surface area contributed by atoms with Gasteiger partial charge in [0.1, 0.15) is 0 Å². The topological polar surface area (TPSA) is 32.3 Å². The average molecular weight is 280 g/mol. The molecule has 3 heteroatoms. The Bertz CT molecular complexity index is 610. The third kappa shape index (κ3) is 3.31. The summed E-state index contributed by atoms with van der Waals surface area (Å²) in [4.78, 5) is 14.2. The molecule has 0 fully saturated rings. The van der Waals surface area contributed by atoms with Gasteiger partial charge >= 0.3 is 0 Å². The van der Waals surface area contributed by atoms with Crippen LogP contribution in [0, 0.1) is 0 Å². The molecule has 0 saturated carbocycles. The predicted octanol–water partition coefficient (Wildman–Crippen LogP) is 2.76. The van der Waals surface area contributed by atoms with Gasteiger partial charge in [0.15, 0.2) is 0 Å². The molecule has 3 nitrogen and oxygen atoms in total. The zero-order chi connectivity index (χ0) is 14.5. The lowest BCUT2D eigenvalue weighted by molar-refractivity contribution is -0.118. The minimum Gasteiger partial charge on any atom is -0.312 e. The summed E-state index contributed by atoms with van der Waals surface area (Å²) in [6.07, 6.45) is 1.51. The molecule has 0 bridgehead atoms. The Morgan fingerprint density at radius 1 is 1.05 bits per heavy atom. The number of amides is 1. The third-order valence-corrected chi connectivity index (χ3v) is 3.88. The van der Waals surface area contributed by atoms with Crippen LogP contribution in [0.15, 0.2) is 54.6 Å². The Morgan fingerprint density at radius 2 is 1.81 bits per heavy atom. The van der Waals surface area contributed by atoms with Gasteiger partial charge in [-0.2, -0.15) is 0 Å². The van der Waals surface area contributed by atoms with Crippen LogP contribution in [-0.4, -0.2) is 19.0 Å². The van der Waals surface area contributed by atoms with Crippen LogP contribution in [0.1, 0.15) is 17.5 Å². The van der Waals surface area contributed by atoms with E-state index in [2.05, 4.69) is 23.5 Å². The lowest BCUT2D eigenvalue weighted by Crippen LogP contribution is -2.31. The number of carbonyl (C=O) groups is 1. The number of hydrogen-bond acceptors (Lipinski definition) is 2. The second-order valence-corrected chi connectivity index (χ2v) is 5.34. The van der Waals surface area contributed by atoms with Crippen LogP contribution in [0.5, 0.6) is 0 Å². The smallest absolute Gasteiger partial charge is 0.228 e. The molecule has 108 valence electrons. The molecule has 0 unspecified atom stereocenters. The molecule has 1 N–H and O–H groups in total. The van der Waals surface area contributed by atoms with E-state index in [1.54, 1.807) is 0 Å². The summed E-state index contributed by atoms with van der Waals surface area (Å²) in [5, 5.41) is 3.33. The normalized spacial score (nSPS) is 13.2. The highest BCUT2D eigenvalue weighted by atomic mass is 16.2. The zero-order valence-corrected chi connectivity index (χ0v) is 12.1. The summed E-state index contributed by atoms with van der Waals surface area (Å²) in [5.41, 5.74) is 3.62. The third-order valence-electron chi connectivity index (χ3n) is 3.88. The van der Waals surface area contributed by atoms with Gasteiger partial charge in [0.05, 0.1) is 0 Å². The number of fused-ring (bicyclic) bond motifs is 1. The van der Waals surface area contributed by atoms with E-state index in [-0.39, 0.29) is 5.91 Å². The van der Waals surface area contributed by atoms with Crippen molar-refractivity contribution in [3.63, 3.8) is 0 Å². The summed E-state index contributed by atoms with van der Waals surface area (Å²) >= 11 is 0. The van der Waals surface area contributed by atoms with E-state index < -0.39 is 0 Å². The van der Waals surface area contributed by atoms with Gasteiger partial charge in [-0.15, -0.1) is 0 Å². The van der Waals surface area contributed by atoms with Crippen molar-refractivity contribution in [1.82, 2.24) is 5.32 Å². The molecule has 1 aliphatic heterocycles. The van der Waals surface area contributed by atoms with Crippen molar-refractivity contribution in [2.75, 3.05) is 18.0 Å². The van der Waals surface area contributed by atoms with Crippen LogP contribution in [0.2, 0.25) is 0 Å². The summed E-state index contributed by atoms with van der Waals surface area (Å²) in [6, 6.07) is 18.4. The largest absolute Gasteiger partial charge is 0.312 e. The molecule has 0 saturated heterocycles. The van der Waals surface area contributed by atoms with E-state index in [1.165, 1.54) is 11.1 Å². The van der Waals surface area contributed by atoms with Gasteiger partial charge in [-0.25, -0.2) is 0 Å². The van der Waals surface area contributed by atoms with Crippen molar-refractivity contribution in [3.05, 3.63) is 65.7 Å². The standard InChI is InChI=1S/C18H20N2O/c21-18(10-12-19-14-15-6-2-1-3-7-15)20-13-11-16-8-4-5-9-17(16)20/h1-9,19H,10-14H2. The molecule has 0 aliphatic carbocycles. The van der Waals surface area contributed by atoms with Crippen LogP contribution in [-0.2, 0) is 17.8 Å². The fourth-order valence-electron chi connectivity index (χ4n) is 2.76. The monoisotopic (exact) mass is 280 g/mol. The van der Waals surface area contributed by atoms with Crippen LogP contribution in [0.4, 0.5) is 5.69 Å². The fraction of sp³-hybridized carbons (Fsp3) is 0.278. The predicted molar refractivity (Wildman–Crippen MR) is 85.3 cm³/mol. The maximum absolute atomic E-state index is 12.3. The number of hydrogen-bond donors (Lipinski definition) is 1. The van der Waals surface area contributed by atoms with Crippen molar-refractivity contribution < 1.29 is 4.79 Å². The minimum atomic E-state index is 0.209. The quantitative estimate of drug-likeness (QED) is 0.854. The first-order valence-electron chi connectivity index (χ1n) is 7.47. The highest BCUT2D eigenvalue weighted by molar-refractivity contribution is 5.95. The Kier molecular flexibility index (Phi) is 4.31. The average Bonchev–Trinajstić information content (AvgIpc) is 2.96. The van der Waals surface area contributed by atoms with E-state index >= 15 is 0 Å². The summed E-state index contributed by atoms with van der Waals surface area (Å²) in [6.45, 7) is 2.34. The maximum atomic E-state index is 12.3. The first kappa shape index (κ1) is 13.8. The molecule has 3 rings (SSSR count). The van der Waals surface area contributed by atoms with Crippen LogP contribution >= 0.6 is 0 Å². The molecule has 0 radical (unpaired) electrons. The maximum Gasteiger partial charge on any atom is 0.228 e. The van der Waals surface area contributed by atoms with Gasteiger partial charge in [0.25, 0.3) is 0 Å². The molecule has 0 spiro atoms. The second-order valence-electron chi connectivity index (χ2n) is 5.34. The molecule has 21 heavy (non-hydrogen) atoms. The molecule has 0 atom stereocenters. The fourth-order valence-corrected chi connectivity index (χ4v) is 2.76. The summed E-state index contributed by atoms with van der Waals surface area (Å²) in [7, 11) is 0. The number of anilines is 1. The highest BCUT2D eigenvalue weighted by Gasteiger charge is 2.23. The van der Waals surface area contributed by atoms with Crippen molar-refractivity contribution in [2.24, 2.45) is 0 Å². The van der Waals surface area contributed by atoms with Crippen molar-refractivity contribution in [1.29, 1.82) is 0 Å². The van der Waals surface area contributed by atoms with E-state index in [4.69, 9.17) is 0 Å². The Labute approximate surface area is 125 Å². The molecule has 2 aromatic rings. The van der Waals surface area contributed by atoms with Gasteiger partial charge in [0, 0.05) is 31.7 Å². The van der Waals surface area contributed by atoms with Crippen molar-refractivity contribution in [3.8, 4) is 0 Å². The minimum absolute atomic E-state index is 0.209. The van der Waals surface area contributed by atoms with E-state index in [0.29, 0.717) is 13.0 Å². The van der Waals surface area contributed by atoms with Crippen LogP contribution in [0.3, 0.4) is 0 Å². The van der Waals surface area contributed by atoms with E-state index in [0.717, 1.165) is 25.2 Å². The molecule has 2 aromatic carbocycles. The molecular weight excluding hydrogens is 260 g/mol. The first-order valence-corrected chi connectivity index (χ1v) is 7.47. The molecule has 1 heterocycles. The number of nitrogens with one attached hydrogen (secondary N) is 1. The number of para-hydroxylation sites is 1. The number of carbonyl (C=O) groups excluding carboxylic acids is 1. The molecule has 1 amide bonds. The Balaban J connectivity index is 1.47. The van der Waals surface area contributed by atoms with E-state index in [1.807, 2.05) is 41.3 Å². The second kappa shape index (κ2) is 6.55. The summed E-state index contributed by atoms with van der Waals surface area (Å²) < 4.78 is 0. The van der Waals surface area contributed by atoms with Gasteiger partial charge in [-0.05, 0) is 23.6 Å². The number of benzene rings is 2. The van der Waals surface area contributed by atoms with Gasteiger partial charge < -0.3 is 10.2 Å². The molecule has 0 aromatic heterocycles. The van der Waals surface area contributed by atoms with Crippen LogP contribution < -0.4 is 10.2 Å². The first-order chi connectivity index (χ1) is 10.3. The van der Waals surface area contributed by atoms with Crippen molar-refractivity contribution >= 4 is 11.6 Å². The van der Waals surface area contributed by atoms with Gasteiger partial charge in [-0.1, -0.05) is 48.5 Å². The van der Waals surface area contributed by atoms with Gasteiger partial charge in [0.2, 0.25) is 5.91 Å². The number of nitrogens with zero attached hydrogens (tertiary/aromatic N) is 1.